The van der Waals surface area contributed by atoms with Gasteiger partial charge in [-0.25, -0.2) is 0 Å². The van der Waals surface area contributed by atoms with E-state index in [1.807, 2.05) is 50.2 Å². The molecule has 0 atom stereocenters. The Morgan fingerprint density at radius 1 is 1.06 bits per heavy atom. The summed E-state index contributed by atoms with van der Waals surface area (Å²) < 4.78 is 5.86. The van der Waals surface area contributed by atoms with Gasteiger partial charge in [0.25, 0.3) is 0 Å². The zero-order valence-corrected chi connectivity index (χ0v) is 11.3. The molecule has 3 heteroatoms. The van der Waals surface area contributed by atoms with Gasteiger partial charge in [-0.2, -0.15) is 0 Å². The molecule has 0 saturated heterocycles. The Bertz CT molecular complexity index is 573. The summed E-state index contributed by atoms with van der Waals surface area (Å²) in [5.41, 5.74) is 8.76. The van der Waals surface area contributed by atoms with Gasteiger partial charge in [0.1, 0.15) is 16.5 Å². The monoisotopic (exact) mass is 257 g/mol. The van der Waals surface area contributed by atoms with Crippen LogP contribution in [0.15, 0.2) is 42.5 Å². The van der Waals surface area contributed by atoms with Crippen LogP contribution < -0.4 is 10.5 Å². The Kier molecular flexibility index (Phi) is 3.63. The van der Waals surface area contributed by atoms with Crippen molar-refractivity contribution < 1.29 is 4.74 Å². The van der Waals surface area contributed by atoms with Gasteiger partial charge in [-0.05, 0) is 49.2 Å². The Labute approximate surface area is 112 Å². The summed E-state index contributed by atoms with van der Waals surface area (Å²) in [6.45, 7) is 4.08. The highest BCUT2D eigenvalue weighted by Crippen LogP contribution is 2.26. The summed E-state index contributed by atoms with van der Waals surface area (Å²) in [6, 6.07) is 13.6. The molecule has 2 rings (SSSR count). The number of para-hydroxylation sites is 1. The maximum Gasteiger partial charge on any atom is 0.137 e. The Morgan fingerprint density at radius 2 is 1.67 bits per heavy atom. The van der Waals surface area contributed by atoms with E-state index in [4.69, 9.17) is 22.7 Å². The lowest BCUT2D eigenvalue weighted by Crippen LogP contribution is -2.10. The molecule has 0 spiro atoms. The van der Waals surface area contributed by atoms with Gasteiger partial charge in [0.15, 0.2) is 0 Å². The molecule has 0 unspecified atom stereocenters. The number of hydrogen-bond acceptors (Lipinski definition) is 2. The molecule has 2 aromatic rings. The fourth-order valence-corrected chi connectivity index (χ4v) is 2.05. The predicted octanol–water partition coefficient (Wildman–Crippen LogP) is 3.73. The zero-order chi connectivity index (χ0) is 13.1. The molecule has 2 aromatic carbocycles. The first-order valence-corrected chi connectivity index (χ1v) is 6.12. The highest BCUT2D eigenvalue weighted by atomic mass is 32.1. The molecule has 0 saturated carbocycles. The van der Waals surface area contributed by atoms with E-state index in [1.165, 1.54) is 0 Å². The van der Waals surface area contributed by atoms with Crippen LogP contribution in [0.4, 0.5) is 0 Å². The van der Waals surface area contributed by atoms with E-state index in [2.05, 4.69) is 6.07 Å². The molecule has 0 heterocycles. The van der Waals surface area contributed by atoms with Crippen LogP contribution in [0.1, 0.15) is 16.7 Å². The van der Waals surface area contributed by atoms with Gasteiger partial charge in [-0.15, -0.1) is 0 Å². The van der Waals surface area contributed by atoms with E-state index in [-0.39, 0.29) is 0 Å². The van der Waals surface area contributed by atoms with Crippen molar-refractivity contribution in [2.24, 2.45) is 5.73 Å². The third-order valence-electron chi connectivity index (χ3n) is 2.58. The minimum atomic E-state index is 0.343. The van der Waals surface area contributed by atoms with E-state index in [9.17, 15) is 0 Å². The first kappa shape index (κ1) is 12.6. The number of ether oxygens (including phenoxy) is 1. The molecule has 0 radical (unpaired) electrons. The average Bonchev–Trinajstić information content (AvgIpc) is 2.27. The molecule has 0 aliphatic heterocycles. The standard InChI is InChI=1S/C15H15NOS/c1-10-7-11(2)9-12(8-10)17-14-6-4-3-5-13(14)15(16)18/h3-9H,1-2H3,(H2,16,18). The van der Waals surface area contributed by atoms with Gasteiger partial charge in [0, 0.05) is 0 Å². The predicted molar refractivity (Wildman–Crippen MR) is 78.3 cm³/mol. The van der Waals surface area contributed by atoms with Crippen LogP contribution in [-0.4, -0.2) is 4.99 Å². The molecule has 2 nitrogen and oxygen atoms in total. The normalized spacial score (nSPS) is 10.1. The second-order valence-electron chi connectivity index (χ2n) is 4.29. The van der Waals surface area contributed by atoms with Crippen molar-refractivity contribution in [3.63, 3.8) is 0 Å². The lowest BCUT2D eigenvalue weighted by atomic mass is 10.1. The van der Waals surface area contributed by atoms with Crippen LogP contribution in [0.25, 0.3) is 0 Å². The van der Waals surface area contributed by atoms with Gasteiger partial charge >= 0.3 is 0 Å². The first-order chi connectivity index (χ1) is 8.56. The van der Waals surface area contributed by atoms with Crippen molar-refractivity contribution in [1.82, 2.24) is 0 Å². The van der Waals surface area contributed by atoms with E-state index in [0.29, 0.717) is 10.7 Å². The van der Waals surface area contributed by atoms with Crippen molar-refractivity contribution in [2.45, 2.75) is 13.8 Å². The lowest BCUT2D eigenvalue weighted by Gasteiger charge is -2.11. The topological polar surface area (TPSA) is 35.2 Å². The summed E-state index contributed by atoms with van der Waals surface area (Å²) in [5.74, 6) is 1.49. The summed E-state index contributed by atoms with van der Waals surface area (Å²) >= 11 is 5.02. The molecule has 0 fully saturated rings. The minimum Gasteiger partial charge on any atom is -0.457 e. The molecule has 0 amide bonds. The van der Waals surface area contributed by atoms with Crippen molar-refractivity contribution >= 4 is 17.2 Å². The van der Waals surface area contributed by atoms with Gasteiger partial charge in [-0.1, -0.05) is 30.4 Å². The van der Waals surface area contributed by atoms with Crippen molar-refractivity contribution in [3.8, 4) is 11.5 Å². The van der Waals surface area contributed by atoms with E-state index >= 15 is 0 Å². The molecule has 0 aliphatic carbocycles. The van der Waals surface area contributed by atoms with E-state index in [1.54, 1.807) is 0 Å². The molecule has 0 aromatic heterocycles. The summed E-state index contributed by atoms with van der Waals surface area (Å²) in [7, 11) is 0. The fraction of sp³-hybridized carbons (Fsp3) is 0.133. The van der Waals surface area contributed by atoms with Gasteiger partial charge in [0.2, 0.25) is 0 Å². The minimum absolute atomic E-state index is 0.343. The molecule has 2 N–H and O–H groups in total. The molecule has 0 bridgehead atoms. The van der Waals surface area contributed by atoms with Crippen LogP contribution in [0.5, 0.6) is 11.5 Å². The molecule has 92 valence electrons. The van der Waals surface area contributed by atoms with Crippen LogP contribution in [0.3, 0.4) is 0 Å². The van der Waals surface area contributed by atoms with E-state index < -0.39 is 0 Å². The third-order valence-corrected chi connectivity index (χ3v) is 2.80. The SMILES string of the molecule is Cc1cc(C)cc(Oc2ccccc2C(N)=S)c1. The highest BCUT2D eigenvalue weighted by molar-refractivity contribution is 7.80. The number of rotatable bonds is 3. The number of benzene rings is 2. The molecule has 18 heavy (non-hydrogen) atoms. The summed E-state index contributed by atoms with van der Waals surface area (Å²) in [6.07, 6.45) is 0. The highest BCUT2D eigenvalue weighted by Gasteiger charge is 2.07. The second kappa shape index (κ2) is 5.19. The Hall–Kier alpha value is -1.87. The first-order valence-electron chi connectivity index (χ1n) is 5.71. The maximum atomic E-state index is 5.86. The second-order valence-corrected chi connectivity index (χ2v) is 4.73. The van der Waals surface area contributed by atoms with Gasteiger partial charge < -0.3 is 10.5 Å². The number of thiocarbonyl (C=S) groups is 1. The van der Waals surface area contributed by atoms with Crippen LogP contribution in [0.2, 0.25) is 0 Å². The summed E-state index contributed by atoms with van der Waals surface area (Å²) in [5, 5.41) is 0. The molecule has 0 aliphatic rings. The third kappa shape index (κ3) is 2.87. The van der Waals surface area contributed by atoms with Crippen molar-refractivity contribution in [2.75, 3.05) is 0 Å². The summed E-state index contributed by atoms with van der Waals surface area (Å²) in [4.78, 5) is 0.343. The van der Waals surface area contributed by atoms with Gasteiger partial charge in [-0.3, -0.25) is 0 Å². The van der Waals surface area contributed by atoms with Crippen molar-refractivity contribution in [1.29, 1.82) is 0 Å². The Balaban J connectivity index is 2.37. The van der Waals surface area contributed by atoms with Crippen LogP contribution in [0, 0.1) is 13.8 Å². The largest absolute Gasteiger partial charge is 0.457 e. The van der Waals surface area contributed by atoms with Crippen molar-refractivity contribution in [3.05, 3.63) is 59.2 Å². The zero-order valence-electron chi connectivity index (χ0n) is 10.4. The lowest BCUT2D eigenvalue weighted by molar-refractivity contribution is 0.481. The molecular weight excluding hydrogens is 242 g/mol. The number of nitrogens with two attached hydrogens (primary N) is 1. The quantitative estimate of drug-likeness (QED) is 0.851. The van der Waals surface area contributed by atoms with E-state index in [0.717, 1.165) is 22.4 Å². The smallest absolute Gasteiger partial charge is 0.137 e. The Morgan fingerprint density at radius 3 is 2.28 bits per heavy atom. The number of hydrogen-bond donors (Lipinski definition) is 1. The maximum absolute atomic E-state index is 5.86. The van der Waals surface area contributed by atoms with Crippen LogP contribution >= 0.6 is 12.2 Å². The average molecular weight is 257 g/mol. The molecular formula is C15H15NOS. The fourth-order valence-electron chi connectivity index (χ4n) is 1.88. The van der Waals surface area contributed by atoms with Gasteiger partial charge in [0.05, 0.1) is 5.56 Å². The van der Waals surface area contributed by atoms with Crippen LogP contribution in [-0.2, 0) is 0 Å². The number of aryl methyl sites for hydroxylation is 2.